The first-order chi connectivity index (χ1) is 7.31. The zero-order valence-corrected chi connectivity index (χ0v) is 8.50. The van der Waals surface area contributed by atoms with Gasteiger partial charge in [0, 0.05) is 0 Å². The summed E-state index contributed by atoms with van der Waals surface area (Å²) in [6.07, 6.45) is 3.01. The zero-order valence-electron chi connectivity index (χ0n) is 8.50. The number of benzene rings is 1. The molecule has 3 heteroatoms. The van der Waals surface area contributed by atoms with Crippen LogP contribution in [0.5, 0.6) is 0 Å². The van der Waals surface area contributed by atoms with Crippen LogP contribution in [0.4, 0.5) is 4.39 Å². The number of carbonyl (C=O) groups is 1. The molecule has 1 amide bonds. The van der Waals surface area contributed by atoms with Crippen molar-refractivity contribution in [2.24, 2.45) is 0 Å². The summed E-state index contributed by atoms with van der Waals surface area (Å²) in [6, 6.07) is 8.04. The summed E-state index contributed by atoms with van der Waals surface area (Å²) in [5.74, 6) is -0.517. The highest BCUT2D eigenvalue weighted by Crippen LogP contribution is 2.29. The lowest BCUT2D eigenvalue weighted by molar-refractivity contribution is -0.122. The highest BCUT2D eigenvalue weighted by Gasteiger charge is 2.20. The van der Waals surface area contributed by atoms with Crippen molar-refractivity contribution in [2.45, 2.75) is 25.3 Å². The summed E-state index contributed by atoms with van der Waals surface area (Å²) < 4.78 is 12.1. The number of rotatable bonds is 2. The first-order valence-corrected chi connectivity index (χ1v) is 5.24. The SMILES string of the molecule is O=C(CF)N[C@@H]1CCCc2ccccc21. The molecule has 0 spiro atoms. The lowest BCUT2D eigenvalue weighted by atomic mass is 9.88. The first kappa shape index (κ1) is 10.1. The molecular formula is C12H14FNO. The normalized spacial score (nSPS) is 19.4. The maximum atomic E-state index is 12.1. The van der Waals surface area contributed by atoms with Crippen LogP contribution >= 0.6 is 0 Å². The monoisotopic (exact) mass is 207 g/mol. The van der Waals surface area contributed by atoms with Crippen molar-refractivity contribution in [3.8, 4) is 0 Å². The standard InChI is InChI=1S/C12H14FNO/c13-8-12(15)14-11-7-3-5-9-4-1-2-6-10(9)11/h1-2,4,6,11H,3,5,7-8H2,(H,14,15)/t11-/m1/s1. The van der Waals surface area contributed by atoms with Gasteiger partial charge in [0.05, 0.1) is 6.04 Å². The molecule has 1 aromatic carbocycles. The molecule has 0 bridgehead atoms. The Hall–Kier alpha value is -1.38. The quantitative estimate of drug-likeness (QED) is 0.791. The second kappa shape index (κ2) is 4.43. The topological polar surface area (TPSA) is 29.1 Å². The Morgan fingerprint density at radius 2 is 2.27 bits per heavy atom. The highest BCUT2D eigenvalue weighted by molar-refractivity contribution is 5.77. The number of amides is 1. The van der Waals surface area contributed by atoms with Gasteiger partial charge in [-0.2, -0.15) is 0 Å². The van der Waals surface area contributed by atoms with E-state index in [2.05, 4.69) is 11.4 Å². The Morgan fingerprint density at radius 1 is 1.47 bits per heavy atom. The van der Waals surface area contributed by atoms with Crippen molar-refractivity contribution in [1.82, 2.24) is 5.32 Å². The van der Waals surface area contributed by atoms with Crippen LogP contribution in [0.15, 0.2) is 24.3 Å². The van der Waals surface area contributed by atoms with Gasteiger partial charge in [0.1, 0.15) is 0 Å². The number of alkyl halides is 1. The van der Waals surface area contributed by atoms with E-state index < -0.39 is 12.6 Å². The number of carbonyl (C=O) groups excluding carboxylic acids is 1. The number of hydrogen-bond acceptors (Lipinski definition) is 1. The largest absolute Gasteiger partial charge is 0.347 e. The Balaban J connectivity index is 2.18. The molecule has 80 valence electrons. The minimum absolute atomic E-state index is 0.00167. The molecule has 0 saturated carbocycles. The van der Waals surface area contributed by atoms with Crippen molar-refractivity contribution in [3.05, 3.63) is 35.4 Å². The van der Waals surface area contributed by atoms with E-state index in [1.54, 1.807) is 0 Å². The van der Waals surface area contributed by atoms with Gasteiger partial charge < -0.3 is 5.32 Å². The van der Waals surface area contributed by atoms with Gasteiger partial charge in [0.2, 0.25) is 0 Å². The van der Waals surface area contributed by atoms with Crippen molar-refractivity contribution < 1.29 is 9.18 Å². The molecule has 1 aliphatic carbocycles. The van der Waals surface area contributed by atoms with Crippen LogP contribution in [0.3, 0.4) is 0 Å². The van der Waals surface area contributed by atoms with E-state index in [1.807, 2.05) is 18.2 Å². The lowest BCUT2D eigenvalue weighted by Gasteiger charge is -2.25. The summed E-state index contributed by atoms with van der Waals surface area (Å²) >= 11 is 0. The molecule has 1 N–H and O–H groups in total. The second-order valence-corrected chi connectivity index (χ2v) is 3.84. The maximum absolute atomic E-state index is 12.1. The Kier molecular flexibility index (Phi) is 2.99. The fourth-order valence-electron chi connectivity index (χ4n) is 2.14. The van der Waals surface area contributed by atoms with Gasteiger partial charge in [-0.1, -0.05) is 24.3 Å². The Bertz CT molecular complexity index is 364. The average Bonchev–Trinajstić information content (AvgIpc) is 2.29. The van der Waals surface area contributed by atoms with Crippen LogP contribution in [0.2, 0.25) is 0 Å². The molecule has 1 aromatic rings. The third-order valence-electron chi connectivity index (χ3n) is 2.83. The van der Waals surface area contributed by atoms with E-state index in [0.29, 0.717) is 0 Å². The van der Waals surface area contributed by atoms with Crippen LogP contribution in [0.1, 0.15) is 30.0 Å². The zero-order chi connectivity index (χ0) is 10.7. The molecule has 1 atom stereocenters. The molecule has 1 aliphatic rings. The molecule has 0 radical (unpaired) electrons. The van der Waals surface area contributed by atoms with Crippen LogP contribution in [0, 0.1) is 0 Å². The third-order valence-corrected chi connectivity index (χ3v) is 2.83. The van der Waals surface area contributed by atoms with Crippen molar-refractivity contribution in [1.29, 1.82) is 0 Å². The van der Waals surface area contributed by atoms with E-state index >= 15 is 0 Å². The maximum Gasteiger partial charge on any atom is 0.251 e. The van der Waals surface area contributed by atoms with Crippen LogP contribution < -0.4 is 5.32 Å². The van der Waals surface area contributed by atoms with Gasteiger partial charge in [0.25, 0.3) is 5.91 Å². The predicted molar refractivity (Wildman–Crippen MR) is 56.2 cm³/mol. The van der Waals surface area contributed by atoms with Gasteiger partial charge in [-0.25, -0.2) is 4.39 Å². The second-order valence-electron chi connectivity index (χ2n) is 3.84. The molecule has 0 aromatic heterocycles. The summed E-state index contributed by atoms with van der Waals surface area (Å²) in [7, 11) is 0. The molecule has 2 nitrogen and oxygen atoms in total. The van der Waals surface area contributed by atoms with E-state index in [4.69, 9.17) is 0 Å². The molecule has 0 unspecified atom stereocenters. The summed E-state index contributed by atoms with van der Waals surface area (Å²) in [5, 5.41) is 2.71. The van der Waals surface area contributed by atoms with Gasteiger partial charge in [-0.3, -0.25) is 4.79 Å². The summed E-state index contributed by atoms with van der Waals surface area (Å²) in [6.45, 7) is -0.932. The summed E-state index contributed by atoms with van der Waals surface area (Å²) in [5.41, 5.74) is 2.42. The predicted octanol–water partition coefficient (Wildman–Crippen LogP) is 2.15. The lowest BCUT2D eigenvalue weighted by Crippen LogP contribution is -2.31. The minimum atomic E-state index is -0.932. The van der Waals surface area contributed by atoms with Crippen molar-refractivity contribution >= 4 is 5.91 Å². The van der Waals surface area contributed by atoms with Crippen LogP contribution in [0.25, 0.3) is 0 Å². The minimum Gasteiger partial charge on any atom is -0.347 e. The van der Waals surface area contributed by atoms with Gasteiger partial charge in [0.15, 0.2) is 6.67 Å². The molecule has 0 fully saturated rings. The fraction of sp³-hybridized carbons (Fsp3) is 0.417. The Labute approximate surface area is 88.5 Å². The molecule has 0 heterocycles. The van der Waals surface area contributed by atoms with Gasteiger partial charge >= 0.3 is 0 Å². The molecular weight excluding hydrogens is 193 g/mol. The molecule has 0 aliphatic heterocycles. The third kappa shape index (κ3) is 2.17. The van der Waals surface area contributed by atoms with E-state index in [0.717, 1.165) is 24.8 Å². The number of nitrogens with one attached hydrogen (secondary N) is 1. The molecule has 0 saturated heterocycles. The average molecular weight is 207 g/mol. The van der Waals surface area contributed by atoms with Crippen LogP contribution in [-0.2, 0) is 11.2 Å². The van der Waals surface area contributed by atoms with E-state index in [-0.39, 0.29) is 6.04 Å². The van der Waals surface area contributed by atoms with E-state index in [1.165, 1.54) is 5.56 Å². The first-order valence-electron chi connectivity index (χ1n) is 5.24. The smallest absolute Gasteiger partial charge is 0.251 e. The number of halogens is 1. The number of hydrogen-bond donors (Lipinski definition) is 1. The van der Waals surface area contributed by atoms with E-state index in [9.17, 15) is 9.18 Å². The molecule has 2 rings (SSSR count). The number of fused-ring (bicyclic) bond motifs is 1. The number of aryl methyl sites for hydroxylation is 1. The summed E-state index contributed by atoms with van der Waals surface area (Å²) in [4.78, 5) is 11.0. The van der Waals surface area contributed by atoms with Gasteiger partial charge in [-0.15, -0.1) is 0 Å². The highest BCUT2D eigenvalue weighted by atomic mass is 19.1. The van der Waals surface area contributed by atoms with Crippen molar-refractivity contribution in [3.63, 3.8) is 0 Å². The van der Waals surface area contributed by atoms with Crippen LogP contribution in [-0.4, -0.2) is 12.6 Å². The van der Waals surface area contributed by atoms with Gasteiger partial charge in [-0.05, 0) is 30.4 Å². The Morgan fingerprint density at radius 3 is 3.07 bits per heavy atom. The van der Waals surface area contributed by atoms with Crippen molar-refractivity contribution in [2.75, 3.05) is 6.67 Å². The fourth-order valence-corrected chi connectivity index (χ4v) is 2.14. The molecule has 15 heavy (non-hydrogen) atoms.